The minimum atomic E-state index is -0.204. The second-order valence-electron chi connectivity index (χ2n) is 4.45. The number of carbonyl (C=O) groups excluding carboxylic acids is 1. The topological polar surface area (TPSA) is 88.2 Å². The molecule has 0 radical (unpaired) electrons. The first kappa shape index (κ1) is 14.4. The van der Waals surface area contributed by atoms with Crippen LogP contribution in [0.2, 0.25) is 0 Å². The fourth-order valence-electron chi connectivity index (χ4n) is 1.42. The number of hydrogen-bond donors (Lipinski definition) is 2. The molecule has 0 unspecified atom stereocenters. The maximum absolute atomic E-state index is 11.7. The lowest BCUT2D eigenvalue weighted by Crippen LogP contribution is -2.13. The van der Waals surface area contributed by atoms with E-state index in [1.54, 1.807) is 12.1 Å². The number of phenolic OH excluding ortho intramolecular Hbond substituents is 1. The average Bonchev–Trinajstić information content (AvgIpc) is 2.85. The molecule has 0 spiro atoms. The number of nitrogens with one attached hydrogen (secondary N) is 1. The molecule has 1 aromatic heterocycles. The van der Waals surface area contributed by atoms with Crippen molar-refractivity contribution in [3.63, 3.8) is 0 Å². The second kappa shape index (κ2) is 6.42. The standard InChI is InChI=1S/C13H15N3O3S/c1-8(2)12-15-16-13(19-12)20-7-11(18)14-9-4-3-5-10(17)6-9/h3-6,8,17H,7H2,1-2H3,(H,14,18). The monoisotopic (exact) mass is 293 g/mol. The molecule has 0 aliphatic rings. The van der Waals surface area contributed by atoms with E-state index in [9.17, 15) is 9.90 Å². The number of benzene rings is 1. The van der Waals surface area contributed by atoms with Crippen molar-refractivity contribution in [2.75, 3.05) is 11.1 Å². The van der Waals surface area contributed by atoms with Crippen LogP contribution in [0.25, 0.3) is 0 Å². The summed E-state index contributed by atoms with van der Waals surface area (Å²) in [5.74, 6) is 0.785. The molecule has 1 aromatic carbocycles. The Kier molecular flexibility index (Phi) is 4.62. The molecule has 2 aromatic rings. The number of aromatic hydroxyl groups is 1. The molecule has 0 bridgehead atoms. The number of aromatic nitrogens is 2. The molecule has 7 heteroatoms. The third kappa shape index (κ3) is 3.99. The van der Waals surface area contributed by atoms with Crippen LogP contribution in [0.4, 0.5) is 5.69 Å². The van der Waals surface area contributed by atoms with E-state index in [1.165, 1.54) is 23.9 Å². The van der Waals surface area contributed by atoms with Gasteiger partial charge in [-0.3, -0.25) is 4.79 Å². The summed E-state index contributed by atoms with van der Waals surface area (Å²) in [6.07, 6.45) is 0. The Hall–Kier alpha value is -2.02. The van der Waals surface area contributed by atoms with E-state index in [2.05, 4.69) is 15.5 Å². The number of hydrogen-bond acceptors (Lipinski definition) is 6. The lowest BCUT2D eigenvalue weighted by Gasteiger charge is -2.04. The first-order chi connectivity index (χ1) is 9.54. The van der Waals surface area contributed by atoms with Gasteiger partial charge in [0.15, 0.2) is 0 Å². The van der Waals surface area contributed by atoms with Crippen molar-refractivity contribution in [1.82, 2.24) is 10.2 Å². The van der Waals surface area contributed by atoms with Gasteiger partial charge in [0.05, 0.1) is 5.75 Å². The summed E-state index contributed by atoms with van der Waals surface area (Å²) >= 11 is 1.18. The van der Waals surface area contributed by atoms with Gasteiger partial charge in [0, 0.05) is 17.7 Å². The number of nitrogens with zero attached hydrogens (tertiary/aromatic N) is 2. The molecule has 0 fully saturated rings. The third-order valence-corrected chi connectivity index (χ3v) is 3.19. The van der Waals surface area contributed by atoms with E-state index in [-0.39, 0.29) is 23.3 Å². The number of carbonyl (C=O) groups is 1. The van der Waals surface area contributed by atoms with E-state index in [0.29, 0.717) is 16.8 Å². The van der Waals surface area contributed by atoms with Crippen LogP contribution in [0, 0.1) is 0 Å². The van der Waals surface area contributed by atoms with Gasteiger partial charge in [-0.1, -0.05) is 31.7 Å². The Labute approximate surface area is 120 Å². The van der Waals surface area contributed by atoms with Gasteiger partial charge in [0.25, 0.3) is 5.22 Å². The highest BCUT2D eigenvalue weighted by Crippen LogP contribution is 2.21. The molecule has 2 rings (SSSR count). The van der Waals surface area contributed by atoms with Crippen LogP contribution in [-0.2, 0) is 4.79 Å². The molecule has 1 amide bonds. The van der Waals surface area contributed by atoms with Crippen molar-refractivity contribution >= 4 is 23.4 Å². The summed E-state index contributed by atoms with van der Waals surface area (Å²) in [6.45, 7) is 3.91. The SMILES string of the molecule is CC(C)c1nnc(SCC(=O)Nc2cccc(O)c2)o1. The van der Waals surface area contributed by atoms with Gasteiger partial charge in [-0.15, -0.1) is 10.2 Å². The summed E-state index contributed by atoms with van der Waals surface area (Å²) in [5.41, 5.74) is 0.545. The van der Waals surface area contributed by atoms with Crippen LogP contribution in [0.15, 0.2) is 33.9 Å². The minimum absolute atomic E-state index is 0.105. The summed E-state index contributed by atoms with van der Waals surface area (Å²) in [4.78, 5) is 11.7. The Bertz CT molecular complexity index is 598. The first-order valence-corrected chi connectivity index (χ1v) is 7.08. The zero-order valence-electron chi connectivity index (χ0n) is 11.2. The Morgan fingerprint density at radius 1 is 1.45 bits per heavy atom. The number of anilines is 1. The zero-order valence-corrected chi connectivity index (χ0v) is 12.0. The molecule has 20 heavy (non-hydrogen) atoms. The van der Waals surface area contributed by atoms with E-state index < -0.39 is 0 Å². The number of amides is 1. The molecule has 0 aliphatic carbocycles. The first-order valence-electron chi connectivity index (χ1n) is 6.09. The van der Waals surface area contributed by atoms with Crippen LogP contribution < -0.4 is 5.32 Å². The molecular formula is C13H15N3O3S. The van der Waals surface area contributed by atoms with Crippen molar-refractivity contribution in [1.29, 1.82) is 0 Å². The average molecular weight is 293 g/mol. The maximum Gasteiger partial charge on any atom is 0.277 e. The Morgan fingerprint density at radius 2 is 2.25 bits per heavy atom. The highest BCUT2D eigenvalue weighted by Gasteiger charge is 2.12. The van der Waals surface area contributed by atoms with Gasteiger partial charge in [-0.2, -0.15) is 0 Å². The van der Waals surface area contributed by atoms with Gasteiger partial charge in [-0.25, -0.2) is 0 Å². The van der Waals surface area contributed by atoms with Crippen LogP contribution in [0.3, 0.4) is 0 Å². The highest BCUT2D eigenvalue weighted by molar-refractivity contribution is 7.99. The Balaban J connectivity index is 1.85. The number of thioether (sulfide) groups is 1. The summed E-state index contributed by atoms with van der Waals surface area (Å²) in [6, 6.07) is 6.37. The molecule has 6 nitrogen and oxygen atoms in total. The second-order valence-corrected chi connectivity index (χ2v) is 5.37. The predicted molar refractivity (Wildman–Crippen MR) is 75.8 cm³/mol. The van der Waals surface area contributed by atoms with Crippen LogP contribution in [0.5, 0.6) is 5.75 Å². The molecule has 106 valence electrons. The predicted octanol–water partition coefficient (Wildman–Crippen LogP) is 2.63. The van der Waals surface area contributed by atoms with Crippen LogP contribution in [0.1, 0.15) is 25.7 Å². The molecule has 0 atom stereocenters. The van der Waals surface area contributed by atoms with E-state index in [0.717, 1.165) is 0 Å². The lowest BCUT2D eigenvalue weighted by molar-refractivity contribution is -0.113. The highest BCUT2D eigenvalue weighted by atomic mass is 32.2. The quantitative estimate of drug-likeness (QED) is 0.824. The van der Waals surface area contributed by atoms with Crippen molar-refractivity contribution in [2.24, 2.45) is 0 Å². The van der Waals surface area contributed by atoms with Gasteiger partial charge in [0.2, 0.25) is 11.8 Å². The fourth-order valence-corrected chi connectivity index (χ4v) is 1.99. The Morgan fingerprint density at radius 3 is 2.90 bits per heavy atom. The van der Waals surface area contributed by atoms with Crippen LogP contribution >= 0.6 is 11.8 Å². The third-order valence-electron chi connectivity index (χ3n) is 2.37. The minimum Gasteiger partial charge on any atom is -0.508 e. The molecular weight excluding hydrogens is 278 g/mol. The molecule has 0 saturated carbocycles. The number of rotatable bonds is 5. The fraction of sp³-hybridized carbons (Fsp3) is 0.308. The molecule has 0 aliphatic heterocycles. The smallest absolute Gasteiger partial charge is 0.277 e. The zero-order chi connectivity index (χ0) is 14.5. The van der Waals surface area contributed by atoms with E-state index in [4.69, 9.17) is 4.42 Å². The van der Waals surface area contributed by atoms with E-state index in [1.807, 2.05) is 13.8 Å². The van der Waals surface area contributed by atoms with Gasteiger partial charge in [0.1, 0.15) is 5.75 Å². The molecule has 1 heterocycles. The lowest BCUT2D eigenvalue weighted by atomic mass is 10.2. The number of phenols is 1. The van der Waals surface area contributed by atoms with Gasteiger partial charge in [-0.05, 0) is 12.1 Å². The van der Waals surface area contributed by atoms with Gasteiger partial charge >= 0.3 is 0 Å². The van der Waals surface area contributed by atoms with Crippen molar-refractivity contribution < 1.29 is 14.3 Å². The summed E-state index contributed by atoms with van der Waals surface area (Å²) in [7, 11) is 0. The van der Waals surface area contributed by atoms with Crippen molar-refractivity contribution in [2.45, 2.75) is 25.0 Å². The largest absolute Gasteiger partial charge is 0.508 e. The van der Waals surface area contributed by atoms with Crippen LogP contribution in [-0.4, -0.2) is 27.0 Å². The maximum atomic E-state index is 11.7. The van der Waals surface area contributed by atoms with Crippen molar-refractivity contribution in [3.8, 4) is 5.75 Å². The summed E-state index contributed by atoms with van der Waals surface area (Å²) < 4.78 is 5.39. The normalized spacial score (nSPS) is 10.8. The summed E-state index contributed by atoms with van der Waals surface area (Å²) in [5, 5.41) is 20.1. The molecule has 2 N–H and O–H groups in total. The van der Waals surface area contributed by atoms with Gasteiger partial charge < -0.3 is 14.8 Å². The van der Waals surface area contributed by atoms with Crippen molar-refractivity contribution in [3.05, 3.63) is 30.2 Å². The van der Waals surface area contributed by atoms with E-state index >= 15 is 0 Å². The molecule has 0 saturated heterocycles.